The molecular formula is C15H26N4O2. The zero-order valence-corrected chi connectivity index (χ0v) is 12.5. The van der Waals surface area contributed by atoms with E-state index in [2.05, 4.69) is 20.1 Å². The predicted octanol–water partition coefficient (Wildman–Crippen LogP) is -0.685. The van der Waals surface area contributed by atoms with Gasteiger partial charge in [-0.2, -0.15) is 0 Å². The van der Waals surface area contributed by atoms with Crippen molar-refractivity contribution in [1.82, 2.24) is 20.1 Å². The Hall–Kier alpha value is -1.05. The van der Waals surface area contributed by atoms with E-state index < -0.39 is 0 Å². The van der Waals surface area contributed by atoms with Crippen LogP contribution in [0.3, 0.4) is 0 Å². The number of aliphatic hydroxyl groups excluding tert-OH is 2. The second-order valence-corrected chi connectivity index (χ2v) is 5.33. The fourth-order valence-corrected chi connectivity index (χ4v) is 2.84. The summed E-state index contributed by atoms with van der Waals surface area (Å²) in [6.45, 7) is 6.35. The number of aromatic nitrogens is 1. The van der Waals surface area contributed by atoms with E-state index in [1.807, 2.05) is 12.1 Å². The van der Waals surface area contributed by atoms with Crippen LogP contribution in [0.2, 0.25) is 0 Å². The zero-order chi connectivity index (χ0) is 14.9. The Morgan fingerprint density at radius 3 is 2.33 bits per heavy atom. The van der Waals surface area contributed by atoms with E-state index in [0.29, 0.717) is 13.1 Å². The maximum Gasteiger partial charge on any atom is 0.0558 e. The third-order valence-electron chi connectivity index (χ3n) is 3.95. The van der Waals surface area contributed by atoms with Crippen LogP contribution in [-0.2, 0) is 0 Å². The normalized spacial score (nSPS) is 18.0. The summed E-state index contributed by atoms with van der Waals surface area (Å²) in [5.74, 6) is 0. The van der Waals surface area contributed by atoms with Gasteiger partial charge in [-0.05, 0) is 17.7 Å². The molecule has 1 unspecified atom stereocenters. The number of piperazine rings is 1. The first kappa shape index (κ1) is 16.3. The highest BCUT2D eigenvalue weighted by Crippen LogP contribution is 2.21. The molecule has 1 aromatic rings. The minimum Gasteiger partial charge on any atom is -0.395 e. The number of nitrogens with one attached hydrogen (secondary N) is 1. The molecule has 0 aliphatic carbocycles. The SMILES string of the molecule is OCCN(CCO)C(CN1CCNCC1)c1ccncc1. The fraction of sp³-hybridized carbons (Fsp3) is 0.667. The van der Waals surface area contributed by atoms with Gasteiger partial charge < -0.3 is 15.5 Å². The summed E-state index contributed by atoms with van der Waals surface area (Å²) >= 11 is 0. The van der Waals surface area contributed by atoms with Crippen LogP contribution in [-0.4, -0.2) is 84.0 Å². The number of aliphatic hydroxyl groups is 2. The molecule has 1 aromatic heterocycles. The van der Waals surface area contributed by atoms with E-state index in [-0.39, 0.29) is 19.3 Å². The number of hydrogen-bond donors (Lipinski definition) is 3. The lowest BCUT2D eigenvalue weighted by atomic mass is 10.1. The molecule has 0 bridgehead atoms. The standard InChI is InChI=1S/C15H26N4O2/c20-11-9-19(10-12-21)15(14-1-3-16-4-2-14)13-18-7-5-17-6-8-18/h1-4,15,17,20-21H,5-13H2. The van der Waals surface area contributed by atoms with Crippen molar-refractivity contribution >= 4 is 0 Å². The zero-order valence-electron chi connectivity index (χ0n) is 12.5. The van der Waals surface area contributed by atoms with Crippen molar-refractivity contribution in [2.24, 2.45) is 0 Å². The Kier molecular flexibility index (Phi) is 7.05. The minimum atomic E-state index is 0.100. The first-order chi connectivity index (χ1) is 10.3. The maximum atomic E-state index is 9.31. The summed E-state index contributed by atoms with van der Waals surface area (Å²) in [7, 11) is 0. The molecular weight excluding hydrogens is 268 g/mol. The van der Waals surface area contributed by atoms with Gasteiger partial charge in [-0.3, -0.25) is 14.8 Å². The first-order valence-corrected chi connectivity index (χ1v) is 7.64. The summed E-state index contributed by atoms with van der Waals surface area (Å²) in [6.07, 6.45) is 3.60. The van der Waals surface area contributed by atoms with Crippen molar-refractivity contribution in [1.29, 1.82) is 0 Å². The van der Waals surface area contributed by atoms with Gasteiger partial charge >= 0.3 is 0 Å². The van der Waals surface area contributed by atoms with Gasteiger partial charge in [0.15, 0.2) is 0 Å². The second-order valence-electron chi connectivity index (χ2n) is 5.33. The number of pyridine rings is 1. The molecule has 1 aliphatic rings. The molecule has 6 nitrogen and oxygen atoms in total. The van der Waals surface area contributed by atoms with Crippen molar-refractivity contribution in [2.75, 3.05) is 59.0 Å². The topological polar surface area (TPSA) is 71.9 Å². The molecule has 118 valence electrons. The number of hydrogen-bond acceptors (Lipinski definition) is 6. The Labute approximate surface area is 126 Å². The van der Waals surface area contributed by atoms with Crippen molar-refractivity contribution in [3.05, 3.63) is 30.1 Å². The monoisotopic (exact) mass is 294 g/mol. The van der Waals surface area contributed by atoms with E-state index in [0.717, 1.165) is 32.7 Å². The third kappa shape index (κ3) is 5.01. The van der Waals surface area contributed by atoms with Gasteiger partial charge in [0, 0.05) is 64.2 Å². The Bertz CT molecular complexity index is 379. The Morgan fingerprint density at radius 1 is 1.14 bits per heavy atom. The lowest BCUT2D eigenvalue weighted by Gasteiger charge is -2.37. The Morgan fingerprint density at radius 2 is 1.76 bits per heavy atom. The molecule has 1 saturated heterocycles. The lowest BCUT2D eigenvalue weighted by molar-refractivity contribution is 0.0903. The molecule has 1 fully saturated rings. The summed E-state index contributed by atoms with van der Waals surface area (Å²) in [5, 5.41) is 22.0. The number of nitrogens with zero attached hydrogens (tertiary/aromatic N) is 3. The molecule has 2 rings (SSSR count). The van der Waals surface area contributed by atoms with Gasteiger partial charge in [-0.1, -0.05) is 0 Å². The second kappa shape index (κ2) is 9.07. The highest BCUT2D eigenvalue weighted by atomic mass is 16.3. The average Bonchev–Trinajstić information content (AvgIpc) is 2.54. The van der Waals surface area contributed by atoms with Crippen molar-refractivity contribution in [3.8, 4) is 0 Å². The Balaban J connectivity index is 2.11. The van der Waals surface area contributed by atoms with E-state index in [4.69, 9.17) is 0 Å². The van der Waals surface area contributed by atoms with Gasteiger partial charge in [-0.25, -0.2) is 0 Å². The van der Waals surface area contributed by atoms with Crippen molar-refractivity contribution in [2.45, 2.75) is 6.04 Å². The summed E-state index contributed by atoms with van der Waals surface area (Å²) < 4.78 is 0. The highest BCUT2D eigenvalue weighted by Gasteiger charge is 2.23. The van der Waals surface area contributed by atoms with Crippen LogP contribution in [0.1, 0.15) is 11.6 Å². The lowest BCUT2D eigenvalue weighted by Crippen LogP contribution is -2.48. The molecule has 1 aliphatic heterocycles. The summed E-state index contributed by atoms with van der Waals surface area (Å²) in [4.78, 5) is 8.67. The first-order valence-electron chi connectivity index (χ1n) is 7.64. The molecule has 0 aromatic carbocycles. The molecule has 6 heteroatoms. The smallest absolute Gasteiger partial charge is 0.0558 e. The van der Waals surface area contributed by atoms with Crippen LogP contribution >= 0.6 is 0 Å². The highest BCUT2D eigenvalue weighted by molar-refractivity contribution is 5.16. The van der Waals surface area contributed by atoms with Crippen LogP contribution in [0.4, 0.5) is 0 Å². The minimum absolute atomic E-state index is 0.100. The van der Waals surface area contributed by atoms with Gasteiger partial charge in [0.2, 0.25) is 0 Å². The van der Waals surface area contributed by atoms with Crippen LogP contribution < -0.4 is 5.32 Å². The van der Waals surface area contributed by atoms with E-state index in [9.17, 15) is 10.2 Å². The van der Waals surface area contributed by atoms with Crippen LogP contribution in [0.25, 0.3) is 0 Å². The van der Waals surface area contributed by atoms with Gasteiger partial charge in [0.05, 0.1) is 13.2 Å². The molecule has 2 heterocycles. The van der Waals surface area contributed by atoms with E-state index >= 15 is 0 Å². The maximum absolute atomic E-state index is 9.31. The molecule has 0 spiro atoms. The van der Waals surface area contributed by atoms with E-state index in [1.54, 1.807) is 12.4 Å². The van der Waals surface area contributed by atoms with Crippen molar-refractivity contribution < 1.29 is 10.2 Å². The molecule has 3 N–H and O–H groups in total. The molecule has 0 amide bonds. The van der Waals surface area contributed by atoms with Crippen LogP contribution in [0.15, 0.2) is 24.5 Å². The van der Waals surface area contributed by atoms with Crippen LogP contribution in [0, 0.1) is 0 Å². The summed E-state index contributed by atoms with van der Waals surface area (Å²) in [5.41, 5.74) is 1.19. The molecule has 0 radical (unpaired) electrons. The molecule has 1 atom stereocenters. The van der Waals surface area contributed by atoms with Crippen molar-refractivity contribution in [3.63, 3.8) is 0 Å². The van der Waals surface area contributed by atoms with Gasteiger partial charge in [0.25, 0.3) is 0 Å². The van der Waals surface area contributed by atoms with Gasteiger partial charge in [0.1, 0.15) is 0 Å². The third-order valence-corrected chi connectivity index (χ3v) is 3.95. The molecule has 21 heavy (non-hydrogen) atoms. The van der Waals surface area contributed by atoms with Crippen LogP contribution in [0.5, 0.6) is 0 Å². The summed E-state index contributed by atoms with van der Waals surface area (Å²) in [6, 6.07) is 4.22. The largest absolute Gasteiger partial charge is 0.395 e. The predicted molar refractivity (Wildman–Crippen MR) is 82.0 cm³/mol. The number of rotatable bonds is 8. The van der Waals surface area contributed by atoms with E-state index in [1.165, 1.54) is 5.56 Å². The average molecular weight is 294 g/mol. The quantitative estimate of drug-likeness (QED) is 0.590. The van der Waals surface area contributed by atoms with Gasteiger partial charge in [-0.15, -0.1) is 0 Å². The fourth-order valence-electron chi connectivity index (χ4n) is 2.84. The molecule has 0 saturated carbocycles.